The van der Waals surface area contributed by atoms with Crippen molar-refractivity contribution in [2.45, 2.75) is 12.1 Å². The van der Waals surface area contributed by atoms with Crippen LogP contribution in [0.15, 0.2) is 43.4 Å². The second-order valence-electron chi connectivity index (χ2n) is 8.07. The molecule has 1 fully saturated rings. The quantitative estimate of drug-likeness (QED) is 0.349. The summed E-state index contributed by atoms with van der Waals surface area (Å²) >= 11 is 13.4. The zero-order chi connectivity index (χ0) is 25.4. The van der Waals surface area contributed by atoms with Crippen LogP contribution < -0.4 is 20.1 Å². The van der Waals surface area contributed by atoms with E-state index in [0.717, 1.165) is 10.9 Å². The summed E-state index contributed by atoms with van der Waals surface area (Å²) in [6.07, 6.45) is 4.41. The minimum Gasteiger partial charge on any atom is -0.495 e. The van der Waals surface area contributed by atoms with Gasteiger partial charge in [-0.15, -0.1) is 0 Å². The number of hydrogen-bond acceptors (Lipinski definition) is 8. The van der Waals surface area contributed by atoms with Gasteiger partial charge in [-0.05, 0) is 12.1 Å². The molecule has 10 nitrogen and oxygen atoms in total. The van der Waals surface area contributed by atoms with Gasteiger partial charge in [0.1, 0.15) is 23.6 Å². The highest BCUT2D eigenvalue weighted by molar-refractivity contribution is 6.41. The zero-order valence-corrected chi connectivity index (χ0v) is 20.9. The van der Waals surface area contributed by atoms with Crippen molar-refractivity contribution < 1.29 is 19.0 Å². The number of nitrogens with zero attached hydrogens (tertiary/aromatic N) is 4. The number of carbonyl (C=O) groups excluding carboxylic acids is 1. The molecule has 2 atom stereocenters. The van der Waals surface area contributed by atoms with Crippen LogP contribution in [0.25, 0.3) is 27.7 Å². The number of benzene rings is 1. The van der Waals surface area contributed by atoms with E-state index in [1.807, 2.05) is 12.1 Å². The fourth-order valence-corrected chi connectivity index (χ4v) is 4.93. The van der Waals surface area contributed by atoms with E-state index in [0.29, 0.717) is 57.3 Å². The maximum Gasteiger partial charge on any atom is 0.243 e. The van der Waals surface area contributed by atoms with Crippen molar-refractivity contribution >= 4 is 51.5 Å². The standard InChI is InChI=1S/C24H22Cl2N6O4/c1-4-20(33)31-15-10-36-9-14(15)30-19-6-16-12(8-27-19)5-13(24-28-11-29-32(16)24)21-22(25)17(34-2)7-18(35-3)23(21)26/h4-8,11,14-15H,1,9-10H2,2-3H3,(H,27,30)(H,31,33)/t14-,15+/m0/s1. The van der Waals surface area contributed by atoms with E-state index < -0.39 is 0 Å². The Hall–Kier alpha value is -3.60. The van der Waals surface area contributed by atoms with Crippen molar-refractivity contribution in [3.05, 3.63) is 53.4 Å². The van der Waals surface area contributed by atoms with Gasteiger partial charge < -0.3 is 24.8 Å². The molecule has 1 saturated heterocycles. The van der Waals surface area contributed by atoms with E-state index in [9.17, 15) is 4.79 Å². The lowest BCUT2D eigenvalue weighted by atomic mass is 10.0. The lowest BCUT2D eigenvalue weighted by molar-refractivity contribution is -0.117. The van der Waals surface area contributed by atoms with Gasteiger partial charge in [0.25, 0.3) is 0 Å². The number of rotatable bonds is 7. The Balaban J connectivity index is 1.59. The first kappa shape index (κ1) is 24.1. The molecule has 2 N–H and O–H groups in total. The van der Waals surface area contributed by atoms with Crippen molar-refractivity contribution in [2.75, 3.05) is 32.8 Å². The number of halogens is 2. The Kier molecular flexibility index (Phi) is 6.57. The van der Waals surface area contributed by atoms with Gasteiger partial charge in [0.2, 0.25) is 5.91 Å². The summed E-state index contributed by atoms with van der Waals surface area (Å²) in [6.45, 7) is 4.32. The second kappa shape index (κ2) is 9.81. The molecule has 0 radical (unpaired) electrons. The number of amides is 1. The Labute approximate surface area is 216 Å². The van der Waals surface area contributed by atoms with E-state index in [-0.39, 0.29) is 18.0 Å². The molecular weight excluding hydrogens is 507 g/mol. The number of ether oxygens (including phenoxy) is 3. The molecular formula is C24H22Cl2N6O4. The van der Waals surface area contributed by atoms with Gasteiger partial charge in [-0.3, -0.25) is 4.79 Å². The largest absolute Gasteiger partial charge is 0.495 e. The summed E-state index contributed by atoms with van der Waals surface area (Å²) in [5.74, 6) is 1.17. The lowest BCUT2D eigenvalue weighted by Crippen LogP contribution is -2.45. The maximum atomic E-state index is 11.8. The zero-order valence-electron chi connectivity index (χ0n) is 19.4. The predicted octanol–water partition coefficient (Wildman–Crippen LogP) is 3.75. The van der Waals surface area contributed by atoms with E-state index >= 15 is 0 Å². The fourth-order valence-electron chi connectivity index (χ4n) is 4.23. The predicted molar refractivity (Wildman–Crippen MR) is 137 cm³/mol. The molecule has 36 heavy (non-hydrogen) atoms. The number of methoxy groups -OCH3 is 2. The van der Waals surface area contributed by atoms with Crippen LogP contribution in [0.4, 0.5) is 5.82 Å². The van der Waals surface area contributed by atoms with Crippen molar-refractivity contribution in [1.29, 1.82) is 0 Å². The van der Waals surface area contributed by atoms with Gasteiger partial charge in [0.15, 0.2) is 5.65 Å². The monoisotopic (exact) mass is 528 g/mol. The van der Waals surface area contributed by atoms with Crippen molar-refractivity contribution in [2.24, 2.45) is 0 Å². The van der Waals surface area contributed by atoms with E-state index in [1.165, 1.54) is 26.6 Å². The lowest BCUT2D eigenvalue weighted by Gasteiger charge is -2.20. The van der Waals surface area contributed by atoms with E-state index in [1.54, 1.807) is 16.8 Å². The average Bonchev–Trinajstić information content (AvgIpc) is 3.54. The molecule has 0 bridgehead atoms. The molecule has 1 aromatic carbocycles. The number of pyridine rings is 2. The molecule has 4 heterocycles. The molecule has 5 rings (SSSR count). The van der Waals surface area contributed by atoms with Crippen LogP contribution in [-0.2, 0) is 9.53 Å². The average molecular weight is 529 g/mol. The minimum absolute atomic E-state index is 0.161. The fraction of sp³-hybridized carbons (Fsp3) is 0.250. The van der Waals surface area contributed by atoms with Gasteiger partial charge >= 0.3 is 0 Å². The maximum absolute atomic E-state index is 11.8. The first-order valence-corrected chi connectivity index (χ1v) is 11.7. The minimum atomic E-state index is -0.257. The Morgan fingerprint density at radius 1 is 1.14 bits per heavy atom. The van der Waals surface area contributed by atoms with Crippen LogP contribution in [0, 0.1) is 0 Å². The number of carbonyl (C=O) groups is 1. The van der Waals surface area contributed by atoms with E-state index in [4.69, 9.17) is 37.4 Å². The van der Waals surface area contributed by atoms with Crippen LogP contribution in [-0.4, -0.2) is 65.0 Å². The van der Waals surface area contributed by atoms with Crippen LogP contribution in [0.1, 0.15) is 0 Å². The smallest absolute Gasteiger partial charge is 0.243 e. The summed E-state index contributed by atoms with van der Waals surface area (Å²) in [5, 5.41) is 12.1. The van der Waals surface area contributed by atoms with Crippen molar-refractivity contribution in [3.8, 4) is 22.6 Å². The first-order valence-electron chi connectivity index (χ1n) is 10.9. The molecule has 1 amide bonds. The van der Waals surface area contributed by atoms with E-state index in [2.05, 4.69) is 32.3 Å². The normalized spacial score (nSPS) is 17.3. The van der Waals surface area contributed by atoms with Crippen LogP contribution >= 0.6 is 23.2 Å². The van der Waals surface area contributed by atoms with Crippen LogP contribution in [0.3, 0.4) is 0 Å². The Morgan fingerprint density at radius 2 is 1.86 bits per heavy atom. The first-order chi connectivity index (χ1) is 17.4. The molecule has 3 aromatic heterocycles. The topological polar surface area (TPSA) is 112 Å². The number of nitrogens with one attached hydrogen (secondary N) is 2. The van der Waals surface area contributed by atoms with Gasteiger partial charge in [0.05, 0.1) is 55.1 Å². The Morgan fingerprint density at radius 3 is 2.56 bits per heavy atom. The third-order valence-corrected chi connectivity index (χ3v) is 6.75. The summed E-state index contributed by atoms with van der Waals surface area (Å²) in [7, 11) is 3.04. The van der Waals surface area contributed by atoms with Crippen LogP contribution in [0.2, 0.25) is 10.0 Å². The van der Waals surface area contributed by atoms with Gasteiger partial charge in [-0.2, -0.15) is 5.10 Å². The summed E-state index contributed by atoms with van der Waals surface area (Å²) in [5.41, 5.74) is 2.46. The number of hydrogen-bond donors (Lipinski definition) is 2. The van der Waals surface area contributed by atoms with Crippen molar-refractivity contribution in [1.82, 2.24) is 24.9 Å². The van der Waals surface area contributed by atoms with Gasteiger partial charge in [-0.25, -0.2) is 14.5 Å². The number of anilines is 1. The highest BCUT2D eigenvalue weighted by Crippen LogP contribution is 2.47. The summed E-state index contributed by atoms with van der Waals surface area (Å²) < 4.78 is 18.1. The summed E-state index contributed by atoms with van der Waals surface area (Å²) in [6, 6.07) is 5.02. The molecule has 4 aromatic rings. The molecule has 1 aliphatic rings. The Bertz CT molecular complexity index is 1460. The van der Waals surface area contributed by atoms with Crippen LogP contribution in [0.5, 0.6) is 11.5 Å². The van der Waals surface area contributed by atoms with Gasteiger partial charge in [-0.1, -0.05) is 29.8 Å². The molecule has 0 unspecified atom stereocenters. The highest BCUT2D eigenvalue weighted by Gasteiger charge is 2.29. The third kappa shape index (κ3) is 4.17. The SMILES string of the molecule is C=CC(=O)N[C@@H]1COC[C@@H]1Nc1cc2c(cn1)cc(-c1c(Cl)c(OC)cc(OC)c1Cl)c1ncnn12. The third-order valence-electron chi connectivity index (χ3n) is 6.00. The second-order valence-corrected chi connectivity index (χ2v) is 8.83. The van der Waals surface area contributed by atoms with Gasteiger partial charge in [0, 0.05) is 34.8 Å². The molecule has 0 spiro atoms. The molecule has 1 aliphatic heterocycles. The van der Waals surface area contributed by atoms with Crippen molar-refractivity contribution in [3.63, 3.8) is 0 Å². The molecule has 12 heteroatoms. The molecule has 0 aliphatic carbocycles. The molecule has 186 valence electrons. The highest BCUT2D eigenvalue weighted by atomic mass is 35.5. The number of aromatic nitrogens is 4. The summed E-state index contributed by atoms with van der Waals surface area (Å²) in [4.78, 5) is 20.8. The number of fused-ring (bicyclic) bond motifs is 3. The molecule has 0 saturated carbocycles.